The molecule has 1 aliphatic carbocycles. The average molecular weight is 185 g/mol. The molecule has 0 radical (unpaired) electrons. The molecule has 0 aliphatic heterocycles. The number of H-pyrrole nitrogens is 1. The fourth-order valence-corrected chi connectivity index (χ4v) is 2.33. The van der Waals surface area contributed by atoms with Gasteiger partial charge in [-0.05, 0) is 36.3 Å². The van der Waals surface area contributed by atoms with E-state index in [0.29, 0.717) is 0 Å². The van der Waals surface area contributed by atoms with E-state index in [2.05, 4.69) is 11.1 Å². The second-order valence-corrected chi connectivity index (χ2v) is 3.81. The first-order chi connectivity index (χ1) is 6.86. The number of aromatic nitrogens is 1. The van der Waals surface area contributed by atoms with E-state index in [0.717, 1.165) is 29.3 Å². The van der Waals surface area contributed by atoms with Gasteiger partial charge in [0.1, 0.15) is 0 Å². The Bertz CT molecular complexity index is 554. The van der Waals surface area contributed by atoms with Crippen molar-refractivity contribution in [2.75, 3.05) is 0 Å². The van der Waals surface area contributed by atoms with Crippen molar-refractivity contribution in [1.82, 2.24) is 4.98 Å². The predicted octanol–water partition coefficient (Wildman–Crippen LogP) is 2.02. The van der Waals surface area contributed by atoms with Crippen LogP contribution in [0.1, 0.15) is 17.7 Å². The second kappa shape index (κ2) is 2.71. The molecule has 2 nitrogen and oxygen atoms in total. The van der Waals surface area contributed by atoms with Crippen LogP contribution in [0.4, 0.5) is 0 Å². The molecule has 0 bridgehead atoms. The lowest BCUT2D eigenvalue weighted by molar-refractivity contribution is 0.898. The molecule has 3 rings (SSSR count). The van der Waals surface area contributed by atoms with Crippen LogP contribution in [0, 0.1) is 0 Å². The van der Waals surface area contributed by atoms with Crippen LogP contribution >= 0.6 is 0 Å². The molecule has 0 atom stereocenters. The minimum Gasteiger partial charge on any atom is -0.325 e. The van der Waals surface area contributed by atoms with E-state index >= 15 is 0 Å². The molecule has 0 unspecified atom stereocenters. The lowest BCUT2D eigenvalue weighted by Crippen LogP contribution is -2.09. The van der Waals surface area contributed by atoms with E-state index in [1.54, 1.807) is 0 Å². The number of fused-ring (bicyclic) bond motifs is 3. The first kappa shape index (κ1) is 7.80. The summed E-state index contributed by atoms with van der Waals surface area (Å²) in [5, 5.41) is 1.97. The van der Waals surface area contributed by atoms with Gasteiger partial charge in [0, 0.05) is 11.1 Å². The zero-order chi connectivity index (χ0) is 9.54. The van der Waals surface area contributed by atoms with Crippen molar-refractivity contribution in [3.8, 4) is 0 Å². The SMILES string of the molecule is O=c1[nH]c2c(c3ccccc13)CCC2. The van der Waals surface area contributed by atoms with Gasteiger partial charge in [0.05, 0.1) is 0 Å². The van der Waals surface area contributed by atoms with Gasteiger partial charge < -0.3 is 4.98 Å². The molecule has 2 heteroatoms. The van der Waals surface area contributed by atoms with Crippen LogP contribution in [0.25, 0.3) is 10.8 Å². The van der Waals surface area contributed by atoms with Crippen LogP contribution in [0.3, 0.4) is 0 Å². The summed E-state index contributed by atoms with van der Waals surface area (Å²) in [5.41, 5.74) is 2.55. The van der Waals surface area contributed by atoms with Gasteiger partial charge in [-0.2, -0.15) is 0 Å². The lowest BCUT2D eigenvalue weighted by atomic mass is 10.1. The van der Waals surface area contributed by atoms with Crippen molar-refractivity contribution in [3.63, 3.8) is 0 Å². The summed E-state index contributed by atoms with van der Waals surface area (Å²) in [6, 6.07) is 7.86. The number of nitrogens with one attached hydrogen (secondary N) is 1. The Morgan fingerprint density at radius 3 is 2.71 bits per heavy atom. The van der Waals surface area contributed by atoms with Gasteiger partial charge in [-0.15, -0.1) is 0 Å². The quantitative estimate of drug-likeness (QED) is 0.669. The zero-order valence-electron chi connectivity index (χ0n) is 7.84. The van der Waals surface area contributed by atoms with Gasteiger partial charge in [-0.3, -0.25) is 4.79 Å². The molecule has 0 saturated carbocycles. The summed E-state index contributed by atoms with van der Waals surface area (Å²) in [4.78, 5) is 14.7. The topological polar surface area (TPSA) is 32.9 Å². The van der Waals surface area contributed by atoms with Crippen LogP contribution < -0.4 is 5.56 Å². The minimum atomic E-state index is 0.0567. The highest BCUT2D eigenvalue weighted by Gasteiger charge is 2.15. The third-order valence-corrected chi connectivity index (χ3v) is 2.98. The number of benzene rings is 1. The molecule has 0 fully saturated rings. The average Bonchev–Trinajstić information content (AvgIpc) is 2.66. The van der Waals surface area contributed by atoms with E-state index < -0.39 is 0 Å². The van der Waals surface area contributed by atoms with Crippen LogP contribution in [0.2, 0.25) is 0 Å². The third-order valence-electron chi connectivity index (χ3n) is 2.98. The highest BCUT2D eigenvalue weighted by atomic mass is 16.1. The van der Waals surface area contributed by atoms with Crippen LogP contribution in [-0.4, -0.2) is 4.98 Å². The van der Waals surface area contributed by atoms with Crippen molar-refractivity contribution in [2.45, 2.75) is 19.3 Å². The van der Waals surface area contributed by atoms with Crippen molar-refractivity contribution in [3.05, 3.63) is 45.9 Å². The maximum Gasteiger partial charge on any atom is 0.256 e. The Morgan fingerprint density at radius 1 is 1.07 bits per heavy atom. The fraction of sp³-hybridized carbons (Fsp3) is 0.250. The fourth-order valence-electron chi connectivity index (χ4n) is 2.33. The van der Waals surface area contributed by atoms with Crippen LogP contribution in [-0.2, 0) is 12.8 Å². The van der Waals surface area contributed by atoms with E-state index in [4.69, 9.17) is 0 Å². The summed E-state index contributed by atoms with van der Waals surface area (Å²) in [5.74, 6) is 0. The Kier molecular flexibility index (Phi) is 1.51. The first-order valence-electron chi connectivity index (χ1n) is 4.99. The number of rotatable bonds is 0. The first-order valence-corrected chi connectivity index (χ1v) is 4.99. The number of aromatic amines is 1. The van der Waals surface area contributed by atoms with Gasteiger partial charge in [-0.1, -0.05) is 18.2 Å². The number of pyridine rings is 1. The Morgan fingerprint density at radius 2 is 1.86 bits per heavy atom. The summed E-state index contributed by atoms with van der Waals surface area (Å²) in [6.07, 6.45) is 3.29. The maximum absolute atomic E-state index is 11.7. The van der Waals surface area contributed by atoms with Crippen LogP contribution in [0.5, 0.6) is 0 Å². The highest BCUT2D eigenvalue weighted by Crippen LogP contribution is 2.25. The Labute approximate surface area is 81.6 Å². The Hall–Kier alpha value is -1.57. The van der Waals surface area contributed by atoms with E-state index in [1.165, 1.54) is 12.0 Å². The molecule has 1 N–H and O–H groups in total. The number of aryl methyl sites for hydroxylation is 2. The molecular formula is C12H11NO. The monoisotopic (exact) mass is 185 g/mol. The molecule has 1 aromatic carbocycles. The normalized spacial score (nSPS) is 14.6. The van der Waals surface area contributed by atoms with Gasteiger partial charge >= 0.3 is 0 Å². The lowest BCUT2D eigenvalue weighted by Gasteiger charge is -2.03. The van der Waals surface area contributed by atoms with Crippen molar-refractivity contribution >= 4 is 10.8 Å². The van der Waals surface area contributed by atoms with E-state index in [9.17, 15) is 4.79 Å². The number of hydrogen-bond acceptors (Lipinski definition) is 1. The van der Waals surface area contributed by atoms with Crippen molar-refractivity contribution in [2.24, 2.45) is 0 Å². The molecule has 14 heavy (non-hydrogen) atoms. The predicted molar refractivity (Wildman–Crippen MR) is 56.6 cm³/mol. The van der Waals surface area contributed by atoms with Crippen molar-refractivity contribution in [1.29, 1.82) is 0 Å². The van der Waals surface area contributed by atoms with Gasteiger partial charge in [0.25, 0.3) is 5.56 Å². The molecule has 0 amide bonds. The van der Waals surface area contributed by atoms with E-state index in [1.807, 2.05) is 18.2 Å². The molecular weight excluding hydrogens is 174 g/mol. The molecule has 1 heterocycles. The Balaban J connectivity index is 2.53. The van der Waals surface area contributed by atoms with Gasteiger partial charge in [0.15, 0.2) is 0 Å². The maximum atomic E-state index is 11.7. The van der Waals surface area contributed by atoms with E-state index in [-0.39, 0.29) is 5.56 Å². The standard InChI is InChI=1S/C12H11NO/c14-12-10-5-2-1-4-8(10)9-6-3-7-11(9)13-12/h1-2,4-5H,3,6-7H2,(H,13,14). The highest BCUT2D eigenvalue weighted by molar-refractivity contribution is 5.85. The molecule has 1 aliphatic rings. The summed E-state index contributed by atoms with van der Waals surface area (Å²) < 4.78 is 0. The zero-order valence-corrected chi connectivity index (χ0v) is 7.84. The van der Waals surface area contributed by atoms with Gasteiger partial charge in [0.2, 0.25) is 0 Å². The summed E-state index contributed by atoms with van der Waals surface area (Å²) in [7, 11) is 0. The molecule has 1 aromatic heterocycles. The van der Waals surface area contributed by atoms with Crippen molar-refractivity contribution < 1.29 is 0 Å². The van der Waals surface area contributed by atoms with Gasteiger partial charge in [-0.25, -0.2) is 0 Å². The largest absolute Gasteiger partial charge is 0.325 e. The molecule has 0 spiro atoms. The van der Waals surface area contributed by atoms with Crippen LogP contribution in [0.15, 0.2) is 29.1 Å². The molecule has 0 saturated heterocycles. The minimum absolute atomic E-state index is 0.0567. The second-order valence-electron chi connectivity index (χ2n) is 3.81. The third kappa shape index (κ3) is 0.939. The smallest absolute Gasteiger partial charge is 0.256 e. The summed E-state index contributed by atoms with van der Waals surface area (Å²) in [6.45, 7) is 0. The summed E-state index contributed by atoms with van der Waals surface area (Å²) >= 11 is 0. The number of hydrogen-bond donors (Lipinski definition) is 1. The molecule has 70 valence electrons. The molecule has 2 aromatic rings.